The van der Waals surface area contributed by atoms with Crippen LogP contribution in [0.1, 0.15) is 31.2 Å². The van der Waals surface area contributed by atoms with Gasteiger partial charge in [-0.2, -0.15) is 11.8 Å². The molecule has 118 valence electrons. The molecule has 0 bridgehead atoms. The Kier molecular flexibility index (Phi) is 6.10. The van der Waals surface area contributed by atoms with Crippen LogP contribution in [0, 0.1) is 0 Å². The first-order chi connectivity index (χ1) is 10.0. The van der Waals surface area contributed by atoms with Crippen LogP contribution in [0.5, 0.6) is 0 Å². The van der Waals surface area contributed by atoms with E-state index in [0.29, 0.717) is 16.6 Å². The highest BCUT2D eigenvalue weighted by Crippen LogP contribution is 2.29. The summed E-state index contributed by atoms with van der Waals surface area (Å²) in [6, 6.07) is 7.00. The Morgan fingerprint density at radius 2 is 2.00 bits per heavy atom. The summed E-state index contributed by atoms with van der Waals surface area (Å²) in [5.41, 5.74) is 1.05. The predicted octanol–water partition coefficient (Wildman–Crippen LogP) is 2.17. The highest BCUT2D eigenvalue weighted by Gasteiger charge is 2.28. The summed E-state index contributed by atoms with van der Waals surface area (Å²) in [5, 5.41) is 9.37. The van der Waals surface area contributed by atoms with Crippen LogP contribution in [0.15, 0.2) is 29.2 Å². The first kappa shape index (κ1) is 16.8. The fraction of sp³-hybridized carbons (Fsp3) is 0.600. The van der Waals surface area contributed by atoms with Gasteiger partial charge in [0.15, 0.2) is 0 Å². The fourth-order valence-electron chi connectivity index (χ4n) is 2.67. The van der Waals surface area contributed by atoms with E-state index in [0.717, 1.165) is 31.2 Å². The molecule has 1 aromatic carbocycles. The van der Waals surface area contributed by atoms with Crippen LogP contribution in [0.2, 0.25) is 0 Å². The van der Waals surface area contributed by atoms with Crippen molar-refractivity contribution in [2.24, 2.45) is 0 Å². The zero-order chi connectivity index (χ0) is 15.3. The summed E-state index contributed by atoms with van der Waals surface area (Å²) in [6.07, 6.45) is 6.44. The Hall–Kier alpha value is -0.560. The second-order valence-electron chi connectivity index (χ2n) is 5.46. The Bertz CT molecular complexity index is 543. The molecule has 0 saturated heterocycles. The first-order valence-electron chi connectivity index (χ1n) is 7.30. The molecule has 0 spiro atoms. The highest BCUT2D eigenvalue weighted by molar-refractivity contribution is 7.99. The van der Waals surface area contributed by atoms with Crippen LogP contribution in [0.4, 0.5) is 0 Å². The van der Waals surface area contributed by atoms with E-state index in [2.05, 4.69) is 11.0 Å². The van der Waals surface area contributed by atoms with Crippen molar-refractivity contribution in [2.75, 3.05) is 12.9 Å². The van der Waals surface area contributed by atoms with Crippen LogP contribution in [-0.2, 0) is 16.4 Å². The molecule has 2 N–H and O–H groups in total. The molecule has 0 aliphatic heterocycles. The summed E-state index contributed by atoms with van der Waals surface area (Å²) < 4.78 is 27.5. The molecule has 0 amide bonds. The van der Waals surface area contributed by atoms with Crippen LogP contribution in [0.3, 0.4) is 0 Å². The van der Waals surface area contributed by atoms with Crippen molar-refractivity contribution in [3.8, 4) is 0 Å². The lowest BCUT2D eigenvalue weighted by Crippen LogP contribution is -2.33. The normalized spacial score (nSPS) is 22.6. The molecule has 1 aliphatic rings. The molecule has 6 heteroatoms. The average Bonchev–Trinajstić information content (AvgIpc) is 2.92. The maximum Gasteiger partial charge on any atom is 0.240 e. The van der Waals surface area contributed by atoms with Gasteiger partial charge >= 0.3 is 0 Å². The lowest BCUT2D eigenvalue weighted by Gasteiger charge is -2.13. The Labute approximate surface area is 131 Å². The van der Waals surface area contributed by atoms with E-state index in [4.69, 9.17) is 5.11 Å². The van der Waals surface area contributed by atoms with Crippen molar-refractivity contribution in [2.45, 2.75) is 48.3 Å². The Balaban J connectivity index is 1.99. The van der Waals surface area contributed by atoms with Crippen molar-refractivity contribution in [1.82, 2.24) is 4.72 Å². The molecule has 0 radical (unpaired) electrons. The van der Waals surface area contributed by atoms with Gasteiger partial charge < -0.3 is 5.11 Å². The fourth-order valence-corrected chi connectivity index (χ4v) is 4.75. The van der Waals surface area contributed by atoms with Gasteiger partial charge in [-0.1, -0.05) is 12.1 Å². The van der Waals surface area contributed by atoms with Crippen LogP contribution in [0.25, 0.3) is 0 Å². The monoisotopic (exact) mass is 329 g/mol. The lowest BCUT2D eigenvalue weighted by atomic mass is 10.1. The van der Waals surface area contributed by atoms with Crippen molar-refractivity contribution in [3.05, 3.63) is 29.8 Å². The van der Waals surface area contributed by atoms with E-state index in [-0.39, 0.29) is 12.6 Å². The van der Waals surface area contributed by atoms with Gasteiger partial charge in [0, 0.05) is 17.9 Å². The molecule has 1 aromatic rings. The topological polar surface area (TPSA) is 66.4 Å². The Morgan fingerprint density at radius 3 is 2.57 bits per heavy atom. The summed E-state index contributed by atoms with van der Waals surface area (Å²) in [4.78, 5) is 0.322. The van der Waals surface area contributed by atoms with Crippen LogP contribution in [-0.4, -0.2) is 37.7 Å². The third-order valence-corrected chi connectivity index (χ3v) is 6.53. The molecular weight excluding hydrogens is 306 g/mol. The maximum atomic E-state index is 12.4. The summed E-state index contributed by atoms with van der Waals surface area (Å²) in [6.45, 7) is 0.153. The molecule has 4 nitrogen and oxygen atoms in total. The van der Waals surface area contributed by atoms with Gasteiger partial charge in [-0.15, -0.1) is 0 Å². The molecule has 2 unspecified atom stereocenters. The van der Waals surface area contributed by atoms with Gasteiger partial charge in [0.05, 0.1) is 4.90 Å². The minimum Gasteiger partial charge on any atom is -0.396 e. The Morgan fingerprint density at radius 1 is 1.29 bits per heavy atom. The average molecular weight is 329 g/mol. The van der Waals surface area contributed by atoms with E-state index in [9.17, 15) is 8.42 Å². The van der Waals surface area contributed by atoms with E-state index >= 15 is 0 Å². The quantitative estimate of drug-likeness (QED) is 0.804. The number of aliphatic hydroxyl groups is 1. The number of aryl methyl sites for hydroxylation is 1. The van der Waals surface area contributed by atoms with Gasteiger partial charge in [0.2, 0.25) is 10.0 Å². The number of benzene rings is 1. The molecule has 21 heavy (non-hydrogen) atoms. The lowest BCUT2D eigenvalue weighted by molar-refractivity contribution is 0.288. The number of hydrogen-bond acceptors (Lipinski definition) is 4. The van der Waals surface area contributed by atoms with E-state index < -0.39 is 10.0 Å². The van der Waals surface area contributed by atoms with Crippen molar-refractivity contribution in [3.63, 3.8) is 0 Å². The zero-order valence-electron chi connectivity index (χ0n) is 12.3. The molecule has 0 heterocycles. The first-order valence-corrected chi connectivity index (χ1v) is 10.1. The number of sulfonamides is 1. The van der Waals surface area contributed by atoms with Gasteiger partial charge in [0.1, 0.15) is 0 Å². The van der Waals surface area contributed by atoms with E-state index in [1.54, 1.807) is 12.1 Å². The predicted molar refractivity (Wildman–Crippen MR) is 87.1 cm³/mol. The second kappa shape index (κ2) is 7.63. The minimum atomic E-state index is -3.42. The second-order valence-corrected chi connectivity index (χ2v) is 8.31. The van der Waals surface area contributed by atoms with Gasteiger partial charge in [-0.25, -0.2) is 13.1 Å². The summed E-state index contributed by atoms with van der Waals surface area (Å²) in [7, 11) is -3.42. The van der Waals surface area contributed by atoms with Gasteiger partial charge in [-0.05, 0) is 56.1 Å². The van der Waals surface area contributed by atoms with Crippen molar-refractivity contribution >= 4 is 21.8 Å². The van der Waals surface area contributed by atoms with Gasteiger partial charge in [-0.3, -0.25) is 0 Å². The van der Waals surface area contributed by atoms with Crippen LogP contribution >= 0.6 is 11.8 Å². The molecule has 2 rings (SSSR count). The largest absolute Gasteiger partial charge is 0.396 e. The summed E-state index contributed by atoms with van der Waals surface area (Å²) >= 11 is 1.81. The zero-order valence-corrected chi connectivity index (χ0v) is 13.9. The molecule has 0 aromatic heterocycles. The molecule has 2 atom stereocenters. The molecular formula is C15H23NO3S2. The van der Waals surface area contributed by atoms with Crippen molar-refractivity contribution in [1.29, 1.82) is 0 Å². The van der Waals surface area contributed by atoms with E-state index in [1.165, 1.54) is 0 Å². The SMILES string of the molecule is CSC1CCC(NS(=O)(=O)c2ccc(CCCO)cc2)C1. The smallest absolute Gasteiger partial charge is 0.240 e. The summed E-state index contributed by atoms with van der Waals surface area (Å²) in [5.74, 6) is 0. The van der Waals surface area contributed by atoms with E-state index in [1.807, 2.05) is 23.9 Å². The van der Waals surface area contributed by atoms with Crippen LogP contribution < -0.4 is 4.72 Å². The maximum absolute atomic E-state index is 12.4. The minimum absolute atomic E-state index is 0.0570. The third-order valence-electron chi connectivity index (χ3n) is 3.90. The highest BCUT2D eigenvalue weighted by atomic mass is 32.2. The third kappa shape index (κ3) is 4.71. The number of aliphatic hydroxyl groups excluding tert-OH is 1. The number of rotatable bonds is 7. The molecule has 1 aliphatic carbocycles. The number of thioether (sulfide) groups is 1. The van der Waals surface area contributed by atoms with Gasteiger partial charge in [0.25, 0.3) is 0 Å². The number of nitrogens with one attached hydrogen (secondary N) is 1. The van der Waals surface area contributed by atoms with Crippen molar-refractivity contribution < 1.29 is 13.5 Å². The molecule has 1 saturated carbocycles. The molecule has 1 fully saturated rings. The standard InChI is InChI=1S/C15H23NO3S2/c1-20-14-7-6-13(11-14)16-21(18,19)15-8-4-12(5-9-15)3-2-10-17/h4-5,8-9,13-14,16-17H,2-3,6-7,10-11H2,1H3. The number of hydrogen-bond donors (Lipinski definition) is 2.